The van der Waals surface area contributed by atoms with Crippen molar-refractivity contribution in [1.82, 2.24) is 10.2 Å². The van der Waals surface area contributed by atoms with Gasteiger partial charge in [-0.05, 0) is 56.0 Å². The summed E-state index contributed by atoms with van der Waals surface area (Å²) in [6.07, 6.45) is 6.70. The van der Waals surface area contributed by atoms with Crippen LogP contribution in [0.25, 0.3) is 0 Å². The van der Waals surface area contributed by atoms with E-state index in [4.69, 9.17) is 4.74 Å². The maximum Gasteiger partial charge on any atom is 0.244 e. The Kier molecular flexibility index (Phi) is 9.97. The molecule has 1 aliphatic carbocycles. The minimum Gasteiger partial charge on any atom is -0.497 e. The average Bonchev–Trinajstić information content (AvgIpc) is 2.88. The van der Waals surface area contributed by atoms with Crippen molar-refractivity contribution in [3.8, 4) is 5.75 Å². The molecule has 0 aromatic heterocycles. The number of anilines is 1. The number of carbonyl (C=O) groups is 2. The van der Waals surface area contributed by atoms with Crippen LogP contribution in [0.5, 0.6) is 5.75 Å². The highest BCUT2D eigenvalue weighted by Gasteiger charge is 2.32. The van der Waals surface area contributed by atoms with Crippen LogP contribution in [-0.2, 0) is 26.2 Å². The smallest absolute Gasteiger partial charge is 0.244 e. The first-order valence-corrected chi connectivity index (χ1v) is 14.7. The SMILES string of the molecule is CC[C@@H](C(=O)NC1CCCCC1)N(Cc1ccc(C)cc1)C(=O)CN(c1ccc(OC)cc1)S(C)(=O)=O. The van der Waals surface area contributed by atoms with E-state index in [9.17, 15) is 18.0 Å². The summed E-state index contributed by atoms with van der Waals surface area (Å²) >= 11 is 0. The van der Waals surface area contributed by atoms with Gasteiger partial charge in [0, 0.05) is 12.6 Å². The number of nitrogens with one attached hydrogen (secondary N) is 1. The van der Waals surface area contributed by atoms with Gasteiger partial charge in [-0.1, -0.05) is 56.0 Å². The highest BCUT2D eigenvalue weighted by atomic mass is 32.2. The quantitative estimate of drug-likeness (QED) is 0.474. The van der Waals surface area contributed by atoms with E-state index < -0.39 is 28.5 Å². The van der Waals surface area contributed by atoms with Crippen molar-refractivity contribution < 1.29 is 22.7 Å². The standard InChI is InChI=1S/C28H39N3O5S/c1-5-26(28(33)29-23-9-7-6-8-10-23)30(19-22-13-11-21(2)12-14-22)27(32)20-31(37(4,34)35)24-15-17-25(36-3)18-16-24/h11-18,23,26H,5-10,19-20H2,1-4H3,(H,29,33)/t26-/m0/s1. The van der Waals surface area contributed by atoms with Gasteiger partial charge in [0.1, 0.15) is 18.3 Å². The number of nitrogens with zero attached hydrogens (tertiary/aromatic N) is 2. The summed E-state index contributed by atoms with van der Waals surface area (Å²) in [6.45, 7) is 3.65. The van der Waals surface area contributed by atoms with E-state index in [1.165, 1.54) is 18.4 Å². The second-order valence-electron chi connectivity index (χ2n) is 9.74. The normalized spacial score (nSPS) is 15.0. The Morgan fingerprint density at radius 2 is 1.65 bits per heavy atom. The molecule has 8 nitrogen and oxygen atoms in total. The molecule has 0 heterocycles. The van der Waals surface area contributed by atoms with Gasteiger partial charge in [-0.3, -0.25) is 13.9 Å². The maximum absolute atomic E-state index is 13.8. The summed E-state index contributed by atoms with van der Waals surface area (Å²) in [6, 6.07) is 13.7. The zero-order valence-corrected chi connectivity index (χ0v) is 23.1. The Labute approximate surface area is 221 Å². The van der Waals surface area contributed by atoms with Gasteiger partial charge in [0.2, 0.25) is 21.8 Å². The molecule has 2 amide bonds. The average molecular weight is 530 g/mol. The van der Waals surface area contributed by atoms with Gasteiger partial charge in [0.15, 0.2) is 0 Å². The van der Waals surface area contributed by atoms with Gasteiger partial charge in [-0.15, -0.1) is 0 Å². The molecule has 1 aliphatic rings. The number of sulfonamides is 1. The van der Waals surface area contributed by atoms with Crippen LogP contribution in [0.3, 0.4) is 0 Å². The van der Waals surface area contributed by atoms with E-state index in [2.05, 4.69) is 5.32 Å². The van der Waals surface area contributed by atoms with E-state index in [0.717, 1.165) is 47.4 Å². The Morgan fingerprint density at radius 3 is 2.19 bits per heavy atom. The number of aryl methyl sites for hydroxylation is 1. The van der Waals surface area contributed by atoms with Crippen LogP contribution in [-0.4, -0.2) is 57.1 Å². The number of hydrogen-bond donors (Lipinski definition) is 1. The van der Waals surface area contributed by atoms with Crippen LogP contribution >= 0.6 is 0 Å². The third kappa shape index (κ3) is 7.95. The van der Waals surface area contributed by atoms with E-state index in [-0.39, 0.29) is 18.5 Å². The number of carbonyl (C=O) groups excluding carboxylic acids is 2. The van der Waals surface area contributed by atoms with Crippen LogP contribution in [0, 0.1) is 6.92 Å². The predicted molar refractivity (Wildman–Crippen MR) is 146 cm³/mol. The van der Waals surface area contributed by atoms with Crippen LogP contribution < -0.4 is 14.4 Å². The molecule has 2 aromatic carbocycles. The summed E-state index contributed by atoms with van der Waals surface area (Å²) in [5.74, 6) is -0.0485. The molecule has 1 N–H and O–H groups in total. The third-order valence-electron chi connectivity index (χ3n) is 6.85. The predicted octanol–water partition coefficient (Wildman–Crippen LogP) is 4.03. The lowest BCUT2D eigenvalue weighted by Gasteiger charge is -2.34. The van der Waals surface area contributed by atoms with Crippen molar-refractivity contribution in [3.05, 3.63) is 59.7 Å². The van der Waals surface area contributed by atoms with Gasteiger partial charge in [0.25, 0.3) is 0 Å². The summed E-state index contributed by atoms with van der Waals surface area (Å²) in [5.41, 5.74) is 2.32. The summed E-state index contributed by atoms with van der Waals surface area (Å²) in [4.78, 5) is 28.7. The summed E-state index contributed by atoms with van der Waals surface area (Å²) in [7, 11) is -2.25. The van der Waals surface area contributed by atoms with Crippen molar-refractivity contribution in [2.24, 2.45) is 0 Å². The lowest BCUT2D eigenvalue weighted by Crippen LogP contribution is -2.53. The minimum absolute atomic E-state index is 0.110. The van der Waals surface area contributed by atoms with Gasteiger partial charge in [-0.25, -0.2) is 8.42 Å². The fourth-order valence-electron chi connectivity index (χ4n) is 4.72. The minimum atomic E-state index is -3.78. The van der Waals surface area contributed by atoms with Gasteiger partial charge < -0.3 is 15.0 Å². The Balaban J connectivity index is 1.89. The Bertz CT molecular complexity index is 1140. The first kappa shape index (κ1) is 28.5. The number of methoxy groups -OCH3 is 1. The molecule has 2 aromatic rings. The molecule has 202 valence electrons. The molecule has 3 rings (SSSR count). The van der Waals surface area contributed by atoms with Crippen molar-refractivity contribution in [2.75, 3.05) is 24.2 Å². The first-order valence-electron chi connectivity index (χ1n) is 12.9. The molecule has 0 unspecified atom stereocenters. The molecule has 1 saturated carbocycles. The lowest BCUT2D eigenvalue weighted by atomic mass is 9.95. The van der Waals surface area contributed by atoms with E-state index >= 15 is 0 Å². The van der Waals surface area contributed by atoms with Gasteiger partial charge in [0.05, 0.1) is 19.1 Å². The third-order valence-corrected chi connectivity index (χ3v) is 7.99. The van der Waals surface area contributed by atoms with Crippen molar-refractivity contribution in [3.63, 3.8) is 0 Å². The highest BCUT2D eigenvalue weighted by molar-refractivity contribution is 7.92. The zero-order chi connectivity index (χ0) is 27.0. The number of benzene rings is 2. The Hall–Kier alpha value is -3.07. The van der Waals surface area contributed by atoms with Crippen molar-refractivity contribution >= 4 is 27.5 Å². The molecule has 0 saturated heterocycles. The summed E-state index contributed by atoms with van der Waals surface area (Å²) < 4.78 is 31.7. The molecule has 1 fully saturated rings. The summed E-state index contributed by atoms with van der Waals surface area (Å²) in [5, 5.41) is 3.15. The van der Waals surface area contributed by atoms with Crippen LogP contribution in [0.1, 0.15) is 56.6 Å². The number of hydrogen-bond acceptors (Lipinski definition) is 5. The fraction of sp³-hybridized carbons (Fsp3) is 0.500. The zero-order valence-electron chi connectivity index (χ0n) is 22.3. The van der Waals surface area contributed by atoms with Crippen molar-refractivity contribution in [1.29, 1.82) is 0 Å². The van der Waals surface area contributed by atoms with Gasteiger partial charge in [-0.2, -0.15) is 0 Å². The molecule has 37 heavy (non-hydrogen) atoms. The first-order chi connectivity index (χ1) is 17.6. The molecule has 0 bridgehead atoms. The maximum atomic E-state index is 13.8. The van der Waals surface area contributed by atoms with E-state index in [1.54, 1.807) is 24.3 Å². The van der Waals surface area contributed by atoms with Gasteiger partial charge >= 0.3 is 0 Å². The fourth-order valence-corrected chi connectivity index (χ4v) is 5.57. The molecular formula is C28H39N3O5S. The number of ether oxygens (including phenoxy) is 1. The topological polar surface area (TPSA) is 96.0 Å². The Morgan fingerprint density at radius 1 is 1.03 bits per heavy atom. The number of rotatable bonds is 11. The highest BCUT2D eigenvalue weighted by Crippen LogP contribution is 2.23. The van der Waals surface area contributed by atoms with Crippen LogP contribution in [0.2, 0.25) is 0 Å². The van der Waals surface area contributed by atoms with E-state index in [1.807, 2.05) is 38.1 Å². The lowest BCUT2D eigenvalue weighted by molar-refractivity contribution is -0.140. The number of amides is 2. The second-order valence-corrected chi connectivity index (χ2v) is 11.6. The molecule has 0 radical (unpaired) electrons. The van der Waals surface area contributed by atoms with Crippen LogP contribution in [0.4, 0.5) is 5.69 Å². The largest absolute Gasteiger partial charge is 0.497 e. The van der Waals surface area contributed by atoms with Crippen molar-refractivity contribution in [2.45, 2.75) is 71.0 Å². The van der Waals surface area contributed by atoms with E-state index in [0.29, 0.717) is 17.9 Å². The molecule has 0 spiro atoms. The molecular weight excluding hydrogens is 490 g/mol. The molecule has 9 heteroatoms. The van der Waals surface area contributed by atoms with Crippen LogP contribution in [0.15, 0.2) is 48.5 Å². The monoisotopic (exact) mass is 529 g/mol. The second kappa shape index (κ2) is 12.9. The molecule has 1 atom stereocenters. The molecule has 0 aliphatic heterocycles.